The van der Waals surface area contributed by atoms with Gasteiger partial charge in [-0.25, -0.2) is 4.39 Å². The van der Waals surface area contributed by atoms with Gasteiger partial charge in [0.05, 0.1) is 23.9 Å². The van der Waals surface area contributed by atoms with Crippen molar-refractivity contribution in [2.45, 2.75) is 24.3 Å². The summed E-state index contributed by atoms with van der Waals surface area (Å²) in [6, 6.07) is 12.8. The first-order valence-electron chi connectivity index (χ1n) is 9.23. The van der Waals surface area contributed by atoms with E-state index in [0.717, 1.165) is 27.5 Å². The van der Waals surface area contributed by atoms with Gasteiger partial charge in [-0.3, -0.25) is 4.79 Å². The van der Waals surface area contributed by atoms with Crippen LogP contribution in [0.1, 0.15) is 12.8 Å². The molecule has 0 saturated heterocycles. The number of halogens is 1. The van der Waals surface area contributed by atoms with Crippen LogP contribution in [0.5, 0.6) is 5.75 Å². The molecule has 0 unspecified atom stereocenters. The number of carbonyl (C=O) groups is 1. The summed E-state index contributed by atoms with van der Waals surface area (Å²) in [6.07, 6.45) is 1.07. The summed E-state index contributed by atoms with van der Waals surface area (Å²) >= 11 is 3.01. The van der Waals surface area contributed by atoms with Crippen molar-refractivity contribution >= 4 is 39.2 Å². The zero-order chi connectivity index (χ0) is 20.6. The van der Waals surface area contributed by atoms with Crippen LogP contribution in [-0.4, -0.2) is 37.1 Å². The Hall–Kier alpha value is -2.16. The Bertz CT molecular complexity index is 1030. The van der Waals surface area contributed by atoms with Gasteiger partial charge in [0.15, 0.2) is 4.80 Å². The molecule has 0 saturated carbocycles. The second-order valence-electron chi connectivity index (χ2n) is 6.25. The van der Waals surface area contributed by atoms with E-state index in [9.17, 15) is 9.18 Å². The van der Waals surface area contributed by atoms with Crippen molar-refractivity contribution in [2.75, 3.05) is 26.6 Å². The highest BCUT2D eigenvalue weighted by molar-refractivity contribution is 7.99. The fraction of sp³-hybridized carbons (Fsp3) is 0.333. The first-order chi connectivity index (χ1) is 14.1. The van der Waals surface area contributed by atoms with Gasteiger partial charge in [-0.1, -0.05) is 17.4 Å². The lowest BCUT2D eigenvalue weighted by Crippen LogP contribution is -2.19. The normalized spacial score (nSPS) is 11.9. The van der Waals surface area contributed by atoms with Gasteiger partial charge >= 0.3 is 0 Å². The highest BCUT2D eigenvalue weighted by Gasteiger charge is 2.11. The molecule has 3 aromatic rings. The maximum absolute atomic E-state index is 14.3. The third-order valence-corrected chi connectivity index (χ3v) is 6.40. The number of ether oxygens (including phenoxy) is 2. The molecule has 0 N–H and O–H groups in total. The molecule has 3 rings (SSSR count). The maximum atomic E-state index is 14.3. The van der Waals surface area contributed by atoms with Crippen LogP contribution in [0.25, 0.3) is 10.2 Å². The summed E-state index contributed by atoms with van der Waals surface area (Å²) in [6.45, 7) is 0.858. The third-order valence-electron chi connectivity index (χ3n) is 4.25. The summed E-state index contributed by atoms with van der Waals surface area (Å²) < 4.78 is 27.1. The van der Waals surface area contributed by atoms with Crippen LogP contribution in [0.15, 0.2) is 52.4 Å². The number of amides is 1. The number of hydrogen-bond acceptors (Lipinski definition) is 5. The zero-order valence-corrected chi connectivity index (χ0v) is 18.0. The third kappa shape index (κ3) is 5.68. The SMILES string of the molecule is COCCn1c(=NC(=O)CCCSc2ccc(OC)cc2)sc2cccc(F)c21. The smallest absolute Gasteiger partial charge is 0.248 e. The molecule has 1 heterocycles. The first-order valence-corrected chi connectivity index (χ1v) is 11.0. The molecule has 1 aromatic heterocycles. The number of nitrogens with zero attached hydrogens (tertiary/aromatic N) is 2. The Balaban J connectivity index is 1.65. The van der Waals surface area contributed by atoms with Crippen LogP contribution >= 0.6 is 23.1 Å². The largest absolute Gasteiger partial charge is 0.497 e. The molecule has 29 heavy (non-hydrogen) atoms. The van der Waals surface area contributed by atoms with Gasteiger partial charge < -0.3 is 14.0 Å². The number of thioether (sulfide) groups is 1. The van der Waals surface area contributed by atoms with Crippen molar-refractivity contribution in [1.29, 1.82) is 0 Å². The molecule has 0 fully saturated rings. The second kappa shape index (κ2) is 10.6. The van der Waals surface area contributed by atoms with Crippen molar-refractivity contribution in [1.82, 2.24) is 4.57 Å². The van der Waals surface area contributed by atoms with Crippen LogP contribution in [-0.2, 0) is 16.1 Å². The van der Waals surface area contributed by atoms with Crippen LogP contribution in [0.3, 0.4) is 0 Å². The number of carbonyl (C=O) groups excluding carboxylic acids is 1. The summed E-state index contributed by atoms with van der Waals surface area (Å²) in [5.41, 5.74) is 0.469. The predicted molar refractivity (Wildman–Crippen MR) is 115 cm³/mol. The zero-order valence-electron chi connectivity index (χ0n) is 16.4. The Labute approximate surface area is 177 Å². The number of methoxy groups -OCH3 is 2. The van der Waals surface area contributed by atoms with E-state index in [0.29, 0.717) is 29.9 Å². The van der Waals surface area contributed by atoms with Crippen LogP contribution in [0.4, 0.5) is 4.39 Å². The lowest BCUT2D eigenvalue weighted by atomic mass is 10.3. The second-order valence-corrected chi connectivity index (χ2v) is 8.43. The van der Waals surface area contributed by atoms with Gasteiger partial charge in [-0.2, -0.15) is 4.99 Å². The van der Waals surface area contributed by atoms with Crippen molar-refractivity contribution in [3.05, 3.63) is 53.1 Å². The minimum absolute atomic E-state index is 0.196. The van der Waals surface area contributed by atoms with E-state index < -0.39 is 0 Å². The molecule has 0 aliphatic heterocycles. The maximum Gasteiger partial charge on any atom is 0.248 e. The van der Waals surface area contributed by atoms with Crippen LogP contribution < -0.4 is 9.54 Å². The van der Waals surface area contributed by atoms with Gasteiger partial charge in [-0.15, -0.1) is 11.8 Å². The predicted octanol–water partition coefficient (Wildman–Crippen LogP) is 4.50. The minimum Gasteiger partial charge on any atom is -0.497 e. The van der Waals surface area contributed by atoms with Crippen LogP contribution in [0.2, 0.25) is 0 Å². The van der Waals surface area contributed by atoms with Gasteiger partial charge in [0.1, 0.15) is 11.6 Å². The Morgan fingerprint density at radius 3 is 2.72 bits per heavy atom. The van der Waals surface area contributed by atoms with E-state index in [1.807, 2.05) is 30.3 Å². The average Bonchev–Trinajstić information content (AvgIpc) is 3.08. The average molecular weight is 435 g/mol. The molecule has 154 valence electrons. The molecule has 0 atom stereocenters. The fourth-order valence-electron chi connectivity index (χ4n) is 2.81. The Kier molecular flexibility index (Phi) is 7.85. The van der Waals surface area contributed by atoms with Gasteiger partial charge in [0.25, 0.3) is 0 Å². The monoisotopic (exact) mass is 434 g/mol. The van der Waals surface area contributed by atoms with E-state index in [-0.39, 0.29) is 11.7 Å². The molecule has 1 amide bonds. The van der Waals surface area contributed by atoms with Crippen molar-refractivity contribution in [3.8, 4) is 5.75 Å². The van der Waals surface area contributed by atoms with E-state index in [1.54, 1.807) is 36.6 Å². The highest BCUT2D eigenvalue weighted by atomic mass is 32.2. The summed E-state index contributed by atoms with van der Waals surface area (Å²) in [5.74, 6) is 1.13. The minimum atomic E-state index is -0.320. The topological polar surface area (TPSA) is 52.8 Å². The first kappa shape index (κ1) is 21.5. The lowest BCUT2D eigenvalue weighted by molar-refractivity contribution is -0.118. The van der Waals surface area contributed by atoms with Crippen LogP contribution in [0, 0.1) is 5.82 Å². The van der Waals surface area contributed by atoms with Crippen molar-refractivity contribution in [3.63, 3.8) is 0 Å². The molecular formula is C21H23FN2O3S2. The molecule has 8 heteroatoms. The van der Waals surface area contributed by atoms with Gasteiger partial charge in [0.2, 0.25) is 5.91 Å². The molecule has 0 bridgehead atoms. The fourth-order valence-corrected chi connectivity index (χ4v) is 4.75. The quantitative estimate of drug-likeness (QED) is 0.368. The van der Waals surface area contributed by atoms with E-state index in [1.165, 1.54) is 17.4 Å². The van der Waals surface area contributed by atoms with Crippen molar-refractivity contribution < 1.29 is 18.7 Å². The summed E-state index contributed by atoms with van der Waals surface area (Å²) in [5, 5.41) is 0. The number of para-hydroxylation sites is 1. The highest BCUT2D eigenvalue weighted by Crippen LogP contribution is 2.23. The number of rotatable bonds is 9. The molecule has 0 aliphatic carbocycles. The van der Waals surface area contributed by atoms with E-state index in [2.05, 4.69) is 4.99 Å². The summed E-state index contributed by atoms with van der Waals surface area (Å²) in [7, 11) is 3.23. The molecule has 0 spiro atoms. The number of benzene rings is 2. The number of fused-ring (bicyclic) bond motifs is 1. The molecule has 0 aliphatic rings. The molecule has 2 aromatic carbocycles. The Morgan fingerprint density at radius 1 is 1.21 bits per heavy atom. The standard InChI is InChI=1S/C21H23FN2O3S2/c1-26-13-12-24-20-17(22)5-3-6-18(20)29-21(24)23-19(25)7-4-14-28-16-10-8-15(27-2)9-11-16/h3,5-6,8-11H,4,7,12-14H2,1-2H3. The van der Waals surface area contributed by atoms with Gasteiger partial charge in [-0.05, 0) is 48.6 Å². The van der Waals surface area contributed by atoms with E-state index >= 15 is 0 Å². The number of thiazole rings is 1. The molecule has 5 nitrogen and oxygen atoms in total. The summed E-state index contributed by atoms with van der Waals surface area (Å²) in [4.78, 5) is 18.3. The Morgan fingerprint density at radius 2 is 2.00 bits per heavy atom. The molecular weight excluding hydrogens is 411 g/mol. The number of aromatic nitrogens is 1. The van der Waals surface area contributed by atoms with Gasteiger partial charge in [0, 0.05) is 25.0 Å². The van der Waals surface area contributed by atoms with Crippen molar-refractivity contribution in [2.24, 2.45) is 4.99 Å². The lowest BCUT2D eigenvalue weighted by Gasteiger charge is -2.05. The van der Waals surface area contributed by atoms with E-state index in [4.69, 9.17) is 9.47 Å². The molecule has 0 radical (unpaired) electrons. The number of hydrogen-bond donors (Lipinski definition) is 0.